The minimum atomic E-state index is -0.401. The Morgan fingerprint density at radius 1 is 1.28 bits per heavy atom. The number of pyridine rings is 1. The van der Waals surface area contributed by atoms with Crippen molar-refractivity contribution in [3.63, 3.8) is 0 Å². The number of benzene rings is 1. The van der Waals surface area contributed by atoms with Gasteiger partial charge in [-0.2, -0.15) is 0 Å². The summed E-state index contributed by atoms with van der Waals surface area (Å²) in [7, 11) is 0. The number of nitrogens with zero attached hydrogens (tertiary/aromatic N) is 1. The molecule has 0 saturated carbocycles. The molecule has 0 amide bonds. The third-order valence-corrected chi connectivity index (χ3v) is 3.05. The maximum absolute atomic E-state index is 13.7. The average molecular weight is 265 g/mol. The Morgan fingerprint density at radius 3 is 2.72 bits per heavy atom. The van der Waals surface area contributed by atoms with Gasteiger partial charge in [0.25, 0.3) is 0 Å². The molecule has 0 fully saturated rings. The van der Waals surface area contributed by atoms with Crippen LogP contribution < -0.4 is 5.73 Å². The van der Waals surface area contributed by atoms with Crippen molar-refractivity contribution in [2.75, 3.05) is 0 Å². The molecule has 0 radical (unpaired) electrons. The van der Waals surface area contributed by atoms with E-state index in [9.17, 15) is 4.39 Å². The average Bonchev–Trinajstić information content (AvgIpc) is 2.35. The number of nitrogens with two attached hydrogens (primary N) is 1. The standard InChI is InChI=1S/C14H14ClFN2/c1-9-4-2-7-13(18-9)12(17)8-10-5-3-6-11(15)14(10)16/h2-7,12H,8,17H2,1H3. The highest BCUT2D eigenvalue weighted by atomic mass is 35.5. The molecule has 2 rings (SSSR count). The summed E-state index contributed by atoms with van der Waals surface area (Å²) < 4.78 is 13.7. The minimum Gasteiger partial charge on any atom is -0.322 e. The SMILES string of the molecule is Cc1cccc(C(N)Cc2cccc(Cl)c2F)n1. The zero-order valence-electron chi connectivity index (χ0n) is 10.0. The minimum absolute atomic E-state index is 0.122. The number of hydrogen-bond acceptors (Lipinski definition) is 2. The predicted octanol–water partition coefficient (Wildman–Crippen LogP) is 3.43. The van der Waals surface area contributed by atoms with Crippen LogP contribution in [0.3, 0.4) is 0 Å². The third kappa shape index (κ3) is 2.86. The molecule has 0 aliphatic heterocycles. The van der Waals surface area contributed by atoms with E-state index in [0.717, 1.165) is 11.4 Å². The zero-order chi connectivity index (χ0) is 13.1. The van der Waals surface area contributed by atoms with Crippen LogP contribution in [0.15, 0.2) is 36.4 Å². The molecule has 0 spiro atoms. The Hall–Kier alpha value is -1.45. The topological polar surface area (TPSA) is 38.9 Å². The van der Waals surface area contributed by atoms with Crippen LogP contribution in [-0.2, 0) is 6.42 Å². The van der Waals surface area contributed by atoms with Crippen LogP contribution in [0.2, 0.25) is 5.02 Å². The van der Waals surface area contributed by atoms with Crippen LogP contribution in [0.5, 0.6) is 0 Å². The lowest BCUT2D eigenvalue weighted by molar-refractivity contribution is 0.590. The van der Waals surface area contributed by atoms with Crippen molar-refractivity contribution in [3.8, 4) is 0 Å². The van der Waals surface area contributed by atoms with Crippen molar-refractivity contribution >= 4 is 11.6 Å². The summed E-state index contributed by atoms with van der Waals surface area (Å²) in [6.07, 6.45) is 0.378. The van der Waals surface area contributed by atoms with E-state index in [0.29, 0.717) is 12.0 Å². The largest absolute Gasteiger partial charge is 0.322 e. The van der Waals surface area contributed by atoms with E-state index in [4.69, 9.17) is 17.3 Å². The van der Waals surface area contributed by atoms with Gasteiger partial charge in [0.1, 0.15) is 5.82 Å². The number of hydrogen-bond donors (Lipinski definition) is 1. The van der Waals surface area contributed by atoms with Gasteiger partial charge >= 0.3 is 0 Å². The number of aromatic nitrogens is 1. The first-order valence-corrected chi connectivity index (χ1v) is 6.07. The molecule has 2 N–H and O–H groups in total. The van der Waals surface area contributed by atoms with Gasteiger partial charge in [0, 0.05) is 5.69 Å². The molecule has 0 saturated heterocycles. The molecule has 1 atom stereocenters. The second-order valence-corrected chi connectivity index (χ2v) is 4.63. The fourth-order valence-corrected chi connectivity index (χ4v) is 2.01. The maximum Gasteiger partial charge on any atom is 0.145 e. The Bertz CT molecular complexity index is 557. The summed E-state index contributed by atoms with van der Waals surface area (Å²) in [5, 5.41) is 0.122. The first kappa shape index (κ1) is 13.0. The fraction of sp³-hybridized carbons (Fsp3) is 0.214. The fourth-order valence-electron chi connectivity index (χ4n) is 1.82. The van der Waals surface area contributed by atoms with E-state index in [2.05, 4.69) is 4.98 Å². The highest BCUT2D eigenvalue weighted by Gasteiger charge is 2.13. The van der Waals surface area contributed by atoms with Crippen molar-refractivity contribution in [2.45, 2.75) is 19.4 Å². The van der Waals surface area contributed by atoms with Gasteiger partial charge in [-0.1, -0.05) is 29.8 Å². The van der Waals surface area contributed by atoms with Crippen molar-refractivity contribution < 1.29 is 4.39 Å². The molecule has 2 aromatic rings. The van der Waals surface area contributed by atoms with E-state index >= 15 is 0 Å². The summed E-state index contributed by atoms with van der Waals surface area (Å²) >= 11 is 5.74. The maximum atomic E-state index is 13.7. The Kier molecular flexibility index (Phi) is 3.94. The molecule has 0 bridgehead atoms. The lowest BCUT2D eigenvalue weighted by atomic mass is 10.0. The van der Waals surface area contributed by atoms with Gasteiger partial charge in [0.15, 0.2) is 0 Å². The van der Waals surface area contributed by atoms with Gasteiger partial charge in [0.05, 0.1) is 16.8 Å². The second-order valence-electron chi connectivity index (χ2n) is 4.23. The third-order valence-electron chi connectivity index (χ3n) is 2.76. The lowest BCUT2D eigenvalue weighted by Gasteiger charge is -2.12. The second kappa shape index (κ2) is 5.46. The Morgan fingerprint density at radius 2 is 2.00 bits per heavy atom. The molecule has 1 heterocycles. The summed E-state index contributed by atoms with van der Waals surface area (Å²) in [4.78, 5) is 4.34. The van der Waals surface area contributed by atoms with Crippen molar-refractivity contribution in [2.24, 2.45) is 5.73 Å². The van der Waals surface area contributed by atoms with Gasteiger partial charge in [-0.05, 0) is 37.1 Å². The van der Waals surface area contributed by atoms with E-state index in [1.807, 2.05) is 25.1 Å². The van der Waals surface area contributed by atoms with Gasteiger partial charge in [-0.25, -0.2) is 4.39 Å². The van der Waals surface area contributed by atoms with Gasteiger partial charge in [0.2, 0.25) is 0 Å². The Labute approximate surface area is 111 Å². The number of halogens is 2. The molecule has 1 aromatic heterocycles. The van der Waals surface area contributed by atoms with E-state index in [1.54, 1.807) is 12.1 Å². The first-order chi connectivity index (χ1) is 8.58. The van der Waals surface area contributed by atoms with Crippen LogP contribution in [0.25, 0.3) is 0 Å². The molecule has 1 aromatic carbocycles. The normalized spacial score (nSPS) is 12.4. The smallest absolute Gasteiger partial charge is 0.145 e. The summed E-state index contributed by atoms with van der Waals surface area (Å²) in [5.41, 5.74) is 8.21. The van der Waals surface area contributed by atoms with E-state index in [-0.39, 0.29) is 11.1 Å². The van der Waals surface area contributed by atoms with Crippen LogP contribution in [0, 0.1) is 12.7 Å². The molecule has 18 heavy (non-hydrogen) atoms. The zero-order valence-corrected chi connectivity index (χ0v) is 10.8. The number of rotatable bonds is 3. The molecule has 0 aliphatic carbocycles. The summed E-state index contributed by atoms with van der Waals surface area (Å²) in [6.45, 7) is 1.90. The van der Waals surface area contributed by atoms with Crippen LogP contribution in [0.1, 0.15) is 23.0 Å². The Balaban J connectivity index is 2.21. The van der Waals surface area contributed by atoms with E-state index in [1.165, 1.54) is 6.07 Å². The highest BCUT2D eigenvalue weighted by Crippen LogP contribution is 2.22. The van der Waals surface area contributed by atoms with E-state index < -0.39 is 5.82 Å². The molecular formula is C14H14ClFN2. The monoisotopic (exact) mass is 264 g/mol. The van der Waals surface area contributed by atoms with Crippen molar-refractivity contribution in [1.29, 1.82) is 0 Å². The lowest BCUT2D eigenvalue weighted by Crippen LogP contribution is -2.16. The van der Waals surface area contributed by atoms with Crippen LogP contribution in [0.4, 0.5) is 4.39 Å². The summed E-state index contributed by atoms with van der Waals surface area (Å²) in [5.74, 6) is -0.401. The van der Waals surface area contributed by atoms with Crippen LogP contribution in [-0.4, -0.2) is 4.98 Å². The van der Waals surface area contributed by atoms with Gasteiger partial charge < -0.3 is 5.73 Å². The quantitative estimate of drug-likeness (QED) is 0.923. The van der Waals surface area contributed by atoms with Crippen LogP contribution >= 0.6 is 11.6 Å². The molecule has 4 heteroatoms. The molecule has 2 nitrogen and oxygen atoms in total. The molecule has 0 aliphatic rings. The highest BCUT2D eigenvalue weighted by molar-refractivity contribution is 6.30. The molecule has 94 valence electrons. The van der Waals surface area contributed by atoms with Gasteiger partial charge in [-0.15, -0.1) is 0 Å². The first-order valence-electron chi connectivity index (χ1n) is 5.70. The number of aryl methyl sites for hydroxylation is 1. The predicted molar refractivity (Wildman–Crippen MR) is 71.0 cm³/mol. The molecule has 1 unspecified atom stereocenters. The molecular weight excluding hydrogens is 251 g/mol. The van der Waals surface area contributed by atoms with Gasteiger partial charge in [-0.3, -0.25) is 4.98 Å². The summed E-state index contributed by atoms with van der Waals surface area (Å²) in [6, 6.07) is 10.2. The van der Waals surface area contributed by atoms with Crippen molar-refractivity contribution in [3.05, 3.63) is 64.2 Å². The van der Waals surface area contributed by atoms with Crippen molar-refractivity contribution in [1.82, 2.24) is 4.98 Å².